The average Bonchev–Trinajstić information content (AvgIpc) is 2.70. The third-order valence-electron chi connectivity index (χ3n) is 3.01. The molecule has 0 aromatic carbocycles. The van der Waals surface area contributed by atoms with Gasteiger partial charge in [0, 0.05) is 23.5 Å². The molecule has 0 spiro atoms. The van der Waals surface area contributed by atoms with Crippen LogP contribution in [0.1, 0.15) is 31.6 Å². The van der Waals surface area contributed by atoms with E-state index in [4.69, 9.17) is 5.73 Å². The van der Waals surface area contributed by atoms with Crippen LogP contribution in [0.2, 0.25) is 0 Å². The van der Waals surface area contributed by atoms with Gasteiger partial charge in [0.1, 0.15) is 0 Å². The lowest BCUT2D eigenvalue weighted by atomic mass is 10.1. The van der Waals surface area contributed by atoms with Crippen LogP contribution in [0.4, 0.5) is 0 Å². The van der Waals surface area contributed by atoms with Crippen LogP contribution in [-0.4, -0.2) is 30.6 Å². The molecule has 0 bridgehead atoms. The number of rotatable bonds is 7. The molecule has 1 aromatic heterocycles. The molecule has 3 heteroatoms. The number of hydrogen-bond acceptors (Lipinski definition) is 3. The van der Waals surface area contributed by atoms with Gasteiger partial charge in [-0.05, 0) is 38.3 Å². The fourth-order valence-corrected chi connectivity index (χ4v) is 2.71. The van der Waals surface area contributed by atoms with E-state index in [1.54, 1.807) is 0 Å². The quantitative estimate of drug-likeness (QED) is 0.794. The summed E-state index contributed by atoms with van der Waals surface area (Å²) in [7, 11) is 2.17. The molecule has 0 radical (unpaired) electrons. The summed E-state index contributed by atoms with van der Waals surface area (Å²) in [6.45, 7) is 5.47. The van der Waals surface area contributed by atoms with E-state index in [-0.39, 0.29) is 0 Å². The highest BCUT2D eigenvalue weighted by atomic mass is 32.1. The second kappa shape index (κ2) is 7.05. The van der Waals surface area contributed by atoms with Crippen molar-refractivity contribution in [1.82, 2.24) is 4.90 Å². The van der Waals surface area contributed by atoms with Crippen LogP contribution in [0.3, 0.4) is 0 Å². The van der Waals surface area contributed by atoms with Crippen molar-refractivity contribution in [3.8, 4) is 0 Å². The van der Waals surface area contributed by atoms with E-state index in [2.05, 4.69) is 43.3 Å². The van der Waals surface area contributed by atoms with E-state index in [9.17, 15) is 0 Å². The molecule has 2 unspecified atom stereocenters. The molecule has 0 fully saturated rings. The smallest absolute Gasteiger partial charge is 0.0167 e. The fraction of sp³-hybridized carbons (Fsp3) is 0.692. The summed E-state index contributed by atoms with van der Waals surface area (Å²) in [6, 6.07) is 5.22. The summed E-state index contributed by atoms with van der Waals surface area (Å²) >= 11 is 1.84. The van der Waals surface area contributed by atoms with Gasteiger partial charge in [-0.15, -0.1) is 11.3 Å². The average molecular weight is 240 g/mol. The highest BCUT2D eigenvalue weighted by molar-refractivity contribution is 7.09. The first kappa shape index (κ1) is 13.7. The second-order valence-corrected chi connectivity index (χ2v) is 5.65. The zero-order chi connectivity index (χ0) is 12.0. The number of hydrogen-bond donors (Lipinski definition) is 1. The minimum absolute atomic E-state index is 0.320. The number of nitrogens with zero attached hydrogens (tertiary/aromatic N) is 1. The standard InChI is InChI=1S/C13H24N2S/c1-4-6-12(14)10-15(3)11(2)9-13-7-5-8-16-13/h5,7-8,11-12H,4,6,9-10,14H2,1-3H3. The minimum Gasteiger partial charge on any atom is -0.327 e. The van der Waals surface area contributed by atoms with Crippen molar-refractivity contribution in [3.05, 3.63) is 22.4 Å². The predicted octanol–water partition coefficient (Wildman–Crippen LogP) is 2.74. The van der Waals surface area contributed by atoms with E-state index in [0.29, 0.717) is 12.1 Å². The van der Waals surface area contributed by atoms with E-state index in [1.165, 1.54) is 11.3 Å². The molecule has 0 aliphatic heterocycles. The summed E-state index contributed by atoms with van der Waals surface area (Å²) in [5, 5.41) is 2.14. The van der Waals surface area contributed by atoms with Gasteiger partial charge in [-0.1, -0.05) is 19.4 Å². The molecule has 0 aliphatic rings. The third-order valence-corrected chi connectivity index (χ3v) is 3.91. The topological polar surface area (TPSA) is 29.3 Å². The minimum atomic E-state index is 0.320. The van der Waals surface area contributed by atoms with Gasteiger partial charge in [-0.25, -0.2) is 0 Å². The molecular weight excluding hydrogens is 216 g/mol. The third kappa shape index (κ3) is 4.64. The van der Waals surface area contributed by atoms with Crippen LogP contribution in [-0.2, 0) is 6.42 Å². The monoisotopic (exact) mass is 240 g/mol. The molecule has 2 N–H and O–H groups in total. The molecular formula is C13H24N2S. The second-order valence-electron chi connectivity index (χ2n) is 4.62. The molecule has 1 rings (SSSR count). The van der Waals surface area contributed by atoms with E-state index < -0.39 is 0 Å². The Hall–Kier alpha value is -0.380. The first-order valence-electron chi connectivity index (χ1n) is 6.11. The molecule has 0 saturated heterocycles. The summed E-state index contributed by atoms with van der Waals surface area (Å²) in [5.74, 6) is 0. The van der Waals surface area contributed by atoms with Crippen LogP contribution in [0.15, 0.2) is 17.5 Å². The zero-order valence-corrected chi connectivity index (χ0v) is 11.5. The Morgan fingerprint density at radius 1 is 1.50 bits per heavy atom. The van der Waals surface area contributed by atoms with Crippen molar-refractivity contribution in [2.45, 2.75) is 45.2 Å². The number of nitrogens with two attached hydrogens (primary N) is 1. The molecule has 0 amide bonds. The first-order valence-corrected chi connectivity index (χ1v) is 6.99. The van der Waals surface area contributed by atoms with Crippen molar-refractivity contribution in [2.24, 2.45) is 5.73 Å². The molecule has 1 heterocycles. The fourth-order valence-electron chi connectivity index (χ4n) is 1.89. The molecule has 0 aliphatic carbocycles. The molecule has 0 saturated carbocycles. The predicted molar refractivity (Wildman–Crippen MR) is 73.0 cm³/mol. The molecule has 1 aromatic rings. The van der Waals surface area contributed by atoms with Crippen molar-refractivity contribution in [1.29, 1.82) is 0 Å². The molecule has 2 nitrogen and oxygen atoms in total. The maximum atomic E-state index is 6.06. The van der Waals surface area contributed by atoms with Crippen LogP contribution in [0, 0.1) is 0 Å². The normalized spacial score (nSPS) is 15.3. The van der Waals surface area contributed by atoms with Gasteiger partial charge < -0.3 is 10.6 Å². The Morgan fingerprint density at radius 2 is 2.25 bits per heavy atom. The first-order chi connectivity index (χ1) is 7.63. The lowest BCUT2D eigenvalue weighted by Gasteiger charge is -2.27. The van der Waals surface area contributed by atoms with Gasteiger partial charge >= 0.3 is 0 Å². The van der Waals surface area contributed by atoms with Crippen LogP contribution >= 0.6 is 11.3 Å². The highest BCUT2D eigenvalue weighted by Crippen LogP contribution is 2.13. The van der Waals surface area contributed by atoms with Crippen LogP contribution in [0.5, 0.6) is 0 Å². The lowest BCUT2D eigenvalue weighted by Crippen LogP contribution is -2.40. The summed E-state index contributed by atoms with van der Waals surface area (Å²) < 4.78 is 0. The van der Waals surface area contributed by atoms with Gasteiger partial charge in [-0.3, -0.25) is 0 Å². The Bertz CT molecular complexity index is 271. The van der Waals surface area contributed by atoms with Gasteiger partial charge in [0.25, 0.3) is 0 Å². The molecule has 16 heavy (non-hydrogen) atoms. The van der Waals surface area contributed by atoms with Crippen LogP contribution in [0.25, 0.3) is 0 Å². The Labute approximate surface area is 103 Å². The molecule has 92 valence electrons. The van der Waals surface area contributed by atoms with Gasteiger partial charge in [0.15, 0.2) is 0 Å². The number of likely N-dealkylation sites (N-methyl/N-ethyl adjacent to an activating group) is 1. The maximum absolute atomic E-state index is 6.06. The summed E-state index contributed by atoms with van der Waals surface area (Å²) in [6.07, 6.45) is 3.43. The van der Waals surface area contributed by atoms with Crippen molar-refractivity contribution < 1.29 is 0 Å². The Balaban J connectivity index is 2.32. The van der Waals surface area contributed by atoms with Gasteiger partial charge in [0.2, 0.25) is 0 Å². The SMILES string of the molecule is CCCC(N)CN(C)C(C)Cc1cccs1. The van der Waals surface area contributed by atoms with E-state index in [1.807, 2.05) is 11.3 Å². The Morgan fingerprint density at radius 3 is 2.81 bits per heavy atom. The van der Waals surface area contributed by atoms with Crippen molar-refractivity contribution in [2.75, 3.05) is 13.6 Å². The molecule has 2 atom stereocenters. The Kier molecular flexibility index (Phi) is 6.03. The lowest BCUT2D eigenvalue weighted by molar-refractivity contribution is 0.237. The zero-order valence-electron chi connectivity index (χ0n) is 10.6. The van der Waals surface area contributed by atoms with Gasteiger partial charge in [-0.2, -0.15) is 0 Å². The number of thiophene rings is 1. The summed E-state index contributed by atoms with van der Waals surface area (Å²) in [4.78, 5) is 3.84. The summed E-state index contributed by atoms with van der Waals surface area (Å²) in [5.41, 5.74) is 6.06. The van der Waals surface area contributed by atoms with Crippen LogP contribution < -0.4 is 5.73 Å². The van der Waals surface area contributed by atoms with Crippen molar-refractivity contribution in [3.63, 3.8) is 0 Å². The highest BCUT2D eigenvalue weighted by Gasteiger charge is 2.13. The van der Waals surface area contributed by atoms with E-state index in [0.717, 1.165) is 19.4 Å². The maximum Gasteiger partial charge on any atom is 0.0167 e. The largest absolute Gasteiger partial charge is 0.327 e. The van der Waals surface area contributed by atoms with Gasteiger partial charge in [0.05, 0.1) is 0 Å². The van der Waals surface area contributed by atoms with Crippen molar-refractivity contribution >= 4 is 11.3 Å². The van der Waals surface area contributed by atoms with E-state index >= 15 is 0 Å².